The summed E-state index contributed by atoms with van der Waals surface area (Å²) in [7, 11) is 0. The molecule has 0 saturated carbocycles. The van der Waals surface area contributed by atoms with E-state index in [0.717, 1.165) is 5.56 Å². The second kappa shape index (κ2) is 7.36. The molecule has 0 spiro atoms. The maximum atomic E-state index is 13.4. The zero-order valence-electron chi connectivity index (χ0n) is 12.1. The fraction of sp³-hybridized carbons (Fsp3) is 0.176. The minimum absolute atomic E-state index is 0.121. The van der Waals surface area contributed by atoms with Crippen molar-refractivity contribution in [1.82, 2.24) is 5.32 Å². The van der Waals surface area contributed by atoms with Crippen molar-refractivity contribution in [2.24, 2.45) is 0 Å². The Kier molecular flexibility index (Phi) is 5.25. The standard InChI is InChI=1S/C17H16FNO3/c1-12-6-2-5-9-15(12)22-17(21)11-19-16(20)10-13-7-3-4-8-14(13)18/h2-9H,10-11H2,1H3,(H,19,20). The van der Waals surface area contributed by atoms with E-state index in [1.54, 1.807) is 24.3 Å². The van der Waals surface area contributed by atoms with Crippen molar-refractivity contribution in [3.8, 4) is 5.75 Å². The predicted octanol–water partition coefficient (Wildman–Crippen LogP) is 2.40. The lowest BCUT2D eigenvalue weighted by Crippen LogP contribution is -2.33. The molecule has 0 fully saturated rings. The van der Waals surface area contributed by atoms with Gasteiger partial charge in [-0.25, -0.2) is 9.18 Å². The molecule has 0 heterocycles. The van der Waals surface area contributed by atoms with Gasteiger partial charge < -0.3 is 10.1 Å². The molecule has 22 heavy (non-hydrogen) atoms. The number of amides is 1. The Morgan fingerprint density at radius 2 is 1.77 bits per heavy atom. The summed E-state index contributed by atoms with van der Waals surface area (Å²) in [4.78, 5) is 23.4. The number of carbonyl (C=O) groups excluding carboxylic acids is 2. The first-order valence-corrected chi connectivity index (χ1v) is 6.82. The number of aryl methyl sites for hydroxylation is 1. The van der Waals surface area contributed by atoms with Crippen LogP contribution < -0.4 is 10.1 Å². The summed E-state index contributed by atoms with van der Waals surface area (Å²) in [5, 5.41) is 2.42. The number of hydrogen-bond acceptors (Lipinski definition) is 3. The van der Waals surface area contributed by atoms with Gasteiger partial charge in [-0.05, 0) is 30.2 Å². The lowest BCUT2D eigenvalue weighted by molar-refractivity contribution is -0.135. The molecule has 5 heteroatoms. The third-order valence-electron chi connectivity index (χ3n) is 3.06. The van der Waals surface area contributed by atoms with E-state index in [4.69, 9.17) is 4.74 Å². The van der Waals surface area contributed by atoms with Gasteiger partial charge in [0.25, 0.3) is 0 Å². The number of halogens is 1. The second-order valence-corrected chi connectivity index (χ2v) is 4.78. The molecular formula is C17H16FNO3. The van der Waals surface area contributed by atoms with Crippen LogP contribution >= 0.6 is 0 Å². The van der Waals surface area contributed by atoms with Crippen LogP contribution in [0.15, 0.2) is 48.5 Å². The van der Waals surface area contributed by atoms with Gasteiger partial charge in [-0.15, -0.1) is 0 Å². The predicted molar refractivity (Wildman–Crippen MR) is 79.9 cm³/mol. The van der Waals surface area contributed by atoms with Crippen LogP contribution in [0.3, 0.4) is 0 Å². The summed E-state index contributed by atoms with van der Waals surface area (Å²) in [5.41, 5.74) is 1.11. The molecule has 0 bridgehead atoms. The second-order valence-electron chi connectivity index (χ2n) is 4.78. The van der Waals surface area contributed by atoms with Crippen molar-refractivity contribution in [3.05, 3.63) is 65.5 Å². The fourth-order valence-corrected chi connectivity index (χ4v) is 1.88. The molecule has 0 aliphatic heterocycles. The Morgan fingerprint density at radius 3 is 2.50 bits per heavy atom. The van der Waals surface area contributed by atoms with Crippen LogP contribution in [0.2, 0.25) is 0 Å². The van der Waals surface area contributed by atoms with Gasteiger partial charge >= 0.3 is 5.97 Å². The van der Waals surface area contributed by atoms with E-state index in [9.17, 15) is 14.0 Å². The van der Waals surface area contributed by atoms with Gasteiger partial charge in [0, 0.05) is 0 Å². The van der Waals surface area contributed by atoms with Crippen LogP contribution in [-0.2, 0) is 16.0 Å². The summed E-state index contributed by atoms with van der Waals surface area (Å²) >= 11 is 0. The molecule has 2 rings (SSSR count). The van der Waals surface area contributed by atoms with Gasteiger partial charge in [0.15, 0.2) is 0 Å². The van der Waals surface area contributed by atoms with Gasteiger partial charge in [-0.1, -0.05) is 36.4 Å². The molecule has 2 aromatic carbocycles. The van der Waals surface area contributed by atoms with Crippen LogP contribution in [0.25, 0.3) is 0 Å². The van der Waals surface area contributed by atoms with E-state index in [0.29, 0.717) is 5.75 Å². The number of benzene rings is 2. The largest absolute Gasteiger partial charge is 0.425 e. The molecule has 4 nitrogen and oxygen atoms in total. The first-order chi connectivity index (χ1) is 10.6. The molecule has 0 aliphatic rings. The van der Waals surface area contributed by atoms with Crippen molar-refractivity contribution >= 4 is 11.9 Å². The van der Waals surface area contributed by atoms with Gasteiger partial charge in [-0.2, -0.15) is 0 Å². The van der Waals surface area contributed by atoms with Gasteiger partial charge in [0.05, 0.1) is 6.42 Å². The lowest BCUT2D eigenvalue weighted by atomic mass is 10.1. The topological polar surface area (TPSA) is 55.4 Å². The molecule has 1 N–H and O–H groups in total. The summed E-state index contributed by atoms with van der Waals surface area (Å²) in [6.07, 6.45) is -0.121. The van der Waals surface area contributed by atoms with Crippen LogP contribution in [0.4, 0.5) is 4.39 Å². The van der Waals surface area contributed by atoms with E-state index >= 15 is 0 Å². The third-order valence-corrected chi connectivity index (χ3v) is 3.06. The molecule has 0 atom stereocenters. The Bertz CT molecular complexity index is 626. The molecule has 1 amide bonds. The highest BCUT2D eigenvalue weighted by atomic mass is 19.1. The van der Waals surface area contributed by atoms with Crippen molar-refractivity contribution in [2.45, 2.75) is 13.3 Å². The highest BCUT2D eigenvalue weighted by molar-refractivity contribution is 5.84. The van der Waals surface area contributed by atoms with Gasteiger partial charge in [-0.3, -0.25) is 4.79 Å². The Labute approximate surface area is 127 Å². The minimum atomic E-state index is -0.573. The molecule has 0 aliphatic carbocycles. The maximum absolute atomic E-state index is 13.4. The van der Waals surface area contributed by atoms with Crippen LogP contribution in [0, 0.1) is 12.7 Å². The average molecular weight is 301 g/mol. The highest BCUT2D eigenvalue weighted by Crippen LogP contribution is 2.16. The number of nitrogens with one attached hydrogen (secondary N) is 1. The Morgan fingerprint density at radius 1 is 1.09 bits per heavy atom. The van der Waals surface area contributed by atoms with E-state index in [1.165, 1.54) is 12.1 Å². The zero-order valence-corrected chi connectivity index (χ0v) is 12.1. The number of para-hydroxylation sites is 1. The average Bonchev–Trinajstić information content (AvgIpc) is 2.50. The van der Waals surface area contributed by atoms with Crippen molar-refractivity contribution in [2.75, 3.05) is 6.54 Å². The molecule has 0 saturated heterocycles. The molecule has 2 aromatic rings. The van der Waals surface area contributed by atoms with E-state index in [-0.39, 0.29) is 18.5 Å². The normalized spacial score (nSPS) is 10.1. The SMILES string of the molecule is Cc1ccccc1OC(=O)CNC(=O)Cc1ccccc1F. The van der Waals surface area contributed by atoms with Gasteiger partial charge in [0.2, 0.25) is 5.91 Å². The maximum Gasteiger partial charge on any atom is 0.330 e. The summed E-state index contributed by atoms with van der Waals surface area (Å²) in [6, 6.07) is 13.1. The van der Waals surface area contributed by atoms with Crippen molar-refractivity contribution < 1.29 is 18.7 Å². The Hall–Kier alpha value is -2.69. The monoisotopic (exact) mass is 301 g/mol. The molecule has 0 radical (unpaired) electrons. The van der Waals surface area contributed by atoms with E-state index in [1.807, 2.05) is 19.1 Å². The zero-order chi connectivity index (χ0) is 15.9. The number of rotatable bonds is 5. The van der Waals surface area contributed by atoms with Crippen LogP contribution in [0.1, 0.15) is 11.1 Å². The number of esters is 1. The molecule has 0 unspecified atom stereocenters. The Balaban J connectivity index is 1.82. The first-order valence-electron chi connectivity index (χ1n) is 6.82. The van der Waals surface area contributed by atoms with E-state index in [2.05, 4.69) is 5.32 Å². The van der Waals surface area contributed by atoms with Crippen molar-refractivity contribution in [3.63, 3.8) is 0 Å². The number of carbonyl (C=O) groups is 2. The lowest BCUT2D eigenvalue weighted by Gasteiger charge is -2.08. The summed E-state index contributed by atoms with van der Waals surface area (Å²) in [5.74, 6) is -1.00. The van der Waals surface area contributed by atoms with Gasteiger partial charge in [0.1, 0.15) is 18.1 Å². The number of ether oxygens (including phenoxy) is 1. The molecular weight excluding hydrogens is 285 g/mol. The van der Waals surface area contributed by atoms with Crippen LogP contribution in [0.5, 0.6) is 5.75 Å². The third kappa shape index (κ3) is 4.41. The summed E-state index contributed by atoms with van der Waals surface area (Å²) < 4.78 is 18.6. The summed E-state index contributed by atoms with van der Waals surface area (Å²) in [6.45, 7) is 1.56. The minimum Gasteiger partial charge on any atom is -0.425 e. The van der Waals surface area contributed by atoms with Crippen molar-refractivity contribution in [1.29, 1.82) is 0 Å². The quantitative estimate of drug-likeness (QED) is 0.681. The highest BCUT2D eigenvalue weighted by Gasteiger charge is 2.11. The first kappa shape index (κ1) is 15.7. The molecule has 114 valence electrons. The molecule has 0 aromatic heterocycles. The smallest absolute Gasteiger partial charge is 0.330 e. The van der Waals surface area contributed by atoms with E-state index < -0.39 is 17.7 Å². The number of hydrogen-bond donors (Lipinski definition) is 1. The van der Waals surface area contributed by atoms with Crippen LogP contribution in [-0.4, -0.2) is 18.4 Å². The fourth-order valence-electron chi connectivity index (χ4n) is 1.88.